The van der Waals surface area contributed by atoms with Crippen molar-refractivity contribution in [3.8, 4) is 0 Å². The molecule has 0 spiro atoms. The molecule has 0 unspecified atom stereocenters. The monoisotopic (exact) mass is 368 g/mol. The molecule has 2 heterocycles. The number of nitrogens with zero attached hydrogens (tertiary/aromatic N) is 6. The van der Waals surface area contributed by atoms with Gasteiger partial charge in [0.25, 0.3) is 0 Å². The molecule has 2 atom stereocenters. The molecule has 2 aromatic heterocycles. The van der Waals surface area contributed by atoms with Crippen LogP contribution in [0.2, 0.25) is 0 Å². The van der Waals surface area contributed by atoms with Gasteiger partial charge in [0.2, 0.25) is 0 Å². The van der Waals surface area contributed by atoms with Gasteiger partial charge in [-0.3, -0.25) is 9.59 Å². The smallest absolute Gasteiger partial charge is 0.315 e. The van der Waals surface area contributed by atoms with E-state index in [1.807, 2.05) is 0 Å². The van der Waals surface area contributed by atoms with E-state index in [9.17, 15) is 14.4 Å². The average Bonchev–Trinajstić information content (AvgIpc) is 3.28. The molecule has 0 aliphatic heterocycles. The van der Waals surface area contributed by atoms with Gasteiger partial charge in [0.15, 0.2) is 11.6 Å². The van der Waals surface area contributed by atoms with E-state index in [0.717, 1.165) is 0 Å². The zero-order valence-electron chi connectivity index (χ0n) is 13.3. The number of carbonyl (C=O) groups excluding carboxylic acids is 1. The molecule has 26 heavy (non-hydrogen) atoms. The normalized spacial score (nSPS) is 12.9. The van der Waals surface area contributed by atoms with Gasteiger partial charge in [0.05, 0.1) is 12.1 Å². The summed E-state index contributed by atoms with van der Waals surface area (Å²) in [5.74, 6) is -1.72. The lowest BCUT2D eigenvalue weighted by Gasteiger charge is -2.19. The van der Waals surface area contributed by atoms with Gasteiger partial charge >= 0.3 is 18.0 Å². The number of nitrogens with one attached hydrogen (secondary N) is 4. The second-order valence-corrected chi connectivity index (χ2v) is 5.16. The number of aromatic amines is 2. The van der Waals surface area contributed by atoms with Gasteiger partial charge in [-0.25, -0.2) is 15.0 Å². The van der Waals surface area contributed by atoms with Crippen LogP contribution < -0.4 is 10.6 Å². The van der Waals surface area contributed by atoms with Crippen molar-refractivity contribution in [2.24, 2.45) is 0 Å². The van der Waals surface area contributed by atoms with Gasteiger partial charge in [0, 0.05) is 12.8 Å². The Morgan fingerprint density at radius 3 is 1.58 bits per heavy atom. The largest absolute Gasteiger partial charge is 0.481 e. The van der Waals surface area contributed by atoms with Crippen LogP contribution in [0.5, 0.6) is 0 Å². The molecule has 0 aliphatic carbocycles. The molecule has 0 bridgehead atoms. The number of carbonyl (C=O) groups is 3. The van der Waals surface area contributed by atoms with E-state index in [1.165, 1.54) is 0 Å². The Hall–Kier alpha value is -3.65. The van der Waals surface area contributed by atoms with Crippen LogP contribution in [0.25, 0.3) is 0 Å². The van der Waals surface area contributed by atoms with Crippen LogP contribution in [0.1, 0.15) is 49.4 Å². The van der Waals surface area contributed by atoms with Crippen LogP contribution in [0.15, 0.2) is 0 Å². The lowest BCUT2D eigenvalue weighted by Crippen LogP contribution is -2.41. The highest BCUT2D eigenvalue weighted by Crippen LogP contribution is 2.16. The van der Waals surface area contributed by atoms with Gasteiger partial charge < -0.3 is 20.8 Å². The van der Waals surface area contributed by atoms with E-state index in [-0.39, 0.29) is 37.3 Å². The number of carboxylic acids is 2. The molecular weight excluding hydrogens is 352 g/mol. The summed E-state index contributed by atoms with van der Waals surface area (Å²) in [7, 11) is 0. The third kappa shape index (κ3) is 5.77. The summed E-state index contributed by atoms with van der Waals surface area (Å²) in [6.07, 6.45) is -0.354. The predicted octanol–water partition coefficient (Wildman–Crippen LogP) is -1.48. The minimum atomic E-state index is -1.04. The lowest BCUT2D eigenvalue weighted by atomic mass is 10.1. The highest BCUT2D eigenvalue weighted by Gasteiger charge is 2.23. The fourth-order valence-electron chi connectivity index (χ4n) is 2.08. The first kappa shape index (κ1) is 18.7. The van der Waals surface area contributed by atoms with Crippen molar-refractivity contribution in [1.29, 1.82) is 0 Å². The molecule has 0 radical (unpaired) electrons. The topological polar surface area (TPSA) is 225 Å². The molecule has 0 aromatic carbocycles. The molecule has 0 saturated carbocycles. The number of amides is 2. The fraction of sp³-hybridized carbons (Fsp3) is 0.545. The number of carboxylic acid groups (broad SMARTS) is 2. The summed E-state index contributed by atoms with van der Waals surface area (Å²) < 4.78 is 0. The minimum Gasteiger partial charge on any atom is -0.481 e. The molecule has 15 heteroatoms. The average molecular weight is 368 g/mol. The van der Waals surface area contributed by atoms with Crippen molar-refractivity contribution in [3.63, 3.8) is 0 Å². The van der Waals surface area contributed by atoms with Crippen molar-refractivity contribution < 1.29 is 24.6 Å². The third-order valence-corrected chi connectivity index (χ3v) is 3.29. The Morgan fingerprint density at radius 2 is 1.27 bits per heavy atom. The predicted molar refractivity (Wildman–Crippen MR) is 79.2 cm³/mol. The number of H-pyrrole nitrogens is 2. The molecule has 140 valence electrons. The van der Waals surface area contributed by atoms with Gasteiger partial charge in [0.1, 0.15) is 0 Å². The first-order chi connectivity index (χ1) is 12.5. The van der Waals surface area contributed by atoms with Crippen molar-refractivity contribution >= 4 is 18.0 Å². The van der Waals surface area contributed by atoms with Crippen LogP contribution in [0.3, 0.4) is 0 Å². The summed E-state index contributed by atoms with van der Waals surface area (Å²) in [5, 5.41) is 48.5. The van der Waals surface area contributed by atoms with Crippen molar-refractivity contribution in [2.45, 2.75) is 37.8 Å². The van der Waals surface area contributed by atoms with Crippen molar-refractivity contribution in [2.75, 3.05) is 0 Å². The molecule has 2 aromatic rings. The van der Waals surface area contributed by atoms with Gasteiger partial charge in [-0.1, -0.05) is 0 Å². The molecule has 0 saturated heterocycles. The molecule has 0 aliphatic rings. The maximum absolute atomic E-state index is 12.3. The van der Waals surface area contributed by atoms with E-state index < -0.39 is 30.1 Å². The number of aliphatic carboxylic acids is 2. The highest BCUT2D eigenvalue weighted by atomic mass is 16.4. The number of hydrogen-bond donors (Lipinski definition) is 6. The highest BCUT2D eigenvalue weighted by molar-refractivity contribution is 5.75. The number of hydrogen-bond acceptors (Lipinski definition) is 9. The quantitative estimate of drug-likeness (QED) is 0.283. The van der Waals surface area contributed by atoms with Crippen molar-refractivity contribution in [1.82, 2.24) is 51.9 Å². The number of aromatic nitrogens is 8. The van der Waals surface area contributed by atoms with Crippen LogP contribution in [0.4, 0.5) is 4.79 Å². The molecule has 6 N–H and O–H groups in total. The zero-order chi connectivity index (χ0) is 18.9. The van der Waals surface area contributed by atoms with E-state index in [2.05, 4.69) is 51.9 Å². The third-order valence-electron chi connectivity index (χ3n) is 3.29. The SMILES string of the molecule is O=C(O)CC[C@H](NC(=O)N[C@@H](CCC(=O)O)c1nnn[nH]1)c1nnn[nH]1. The minimum absolute atomic E-state index is 0.0449. The number of urea groups is 1. The summed E-state index contributed by atoms with van der Waals surface area (Å²) >= 11 is 0. The van der Waals surface area contributed by atoms with E-state index >= 15 is 0 Å². The Bertz CT molecular complexity index is 658. The van der Waals surface area contributed by atoms with Gasteiger partial charge in [-0.05, 0) is 33.7 Å². The maximum Gasteiger partial charge on any atom is 0.315 e. The standard InChI is InChI=1S/C11H16N10O5/c22-7(23)3-1-5(9-14-18-19-15-9)12-11(26)13-6(2-4-8(24)25)10-16-20-21-17-10/h5-6H,1-4H2,(H,22,23)(H,24,25)(H2,12,13,26)(H,14,15,18,19)(H,16,17,20,21)/t5-,6-/m0/s1. The summed E-state index contributed by atoms with van der Waals surface area (Å²) in [6, 6.07) is -2.26. The number of tetrazole rings is 2. The number of rotatable bonds is 10. The fourth-order valence-corrected chi connectivity index (χ4v) is 2.08. The first-order valence-electron chi connectivity index (χ1n) is 7.43. The van der Waals surface area contributed by atoms with E-state index in [4.69, 9.17) is 10.2 Å². The zero-order valence-corrected chi connectivity index (χ0v) is 13.3. The summed E-state index contributed by atoms with van der Waals surface area (Å²) in [6.45, 7) is 0. The second-order valence-electron chi connectivity index (χ2n) is 5.16. The summed E-state index contributed by atoms with van der Waals surface area (Å²) in [5.41, 5.74) is 0. The second kappa shape index (κ2) is 9.00. The van der Waals surface area contributed by atoms with Gasteiger partial charge in [-0.2, -0.15) is 0 Å². The lowest BCUT2D eigenvalue weighted by molar-refractivity contribution is -0.138. The Kier molecular flexibility index (Phi) is 6.47. The molecule has 2 rings (SSSR count). The van der Waals surface area contributed by atoms with Crippen LogP contribution in [-0.4, -0.2) is 69.4 Å². The van der Waals surface area contributed by atoms with Gasteiger partial charge in [-0.15, -0.1) is 10.2 Å². The molecule has 0 fully saturated rings. The molecular formula is C11H16N10O5. The van der Waals surface area contributed by atoms with Crippen LogP contribution in [0, 0.1) is 0 Å². The summed E-state index contributed by atoms with van der Waals surface area (Å²) in [4.78, 5) is 33.8. The van der Waals surface area contributed by atoms with Crippen LogP contribution in [-0.2, 0) is 9.59 Å². The van der Waals surface area contributed by atoms with E-state index in [0.29, 0.717) is 0 Å². The maximum atomic E-state index is 12.3. The Morgan fingerprint density at radius 1 is 0.846 bits per heavy atom. The van der Waals surface area contributed by atoms with E-state index in [1.54, 1.807) is 0 Å². The molecule has 2 amide bonds. The van der Waals surface area contributed by atoms with Crippen molar-refractivity contribution in [3.05, 3.63) is 11.6 Å². The Balaban J connectivity index is 2.01. The molecule has 15 nitrogen and oxygen atoms in total. The first-order valence-corrected chi connectivity index (χ1v) is 7.43. The Labute approximate surface area is 144 Å². The van der Waals surface area contributed by atoms with Crippen LogP contribution >= 0.6 is 0 Å².